The molecule has 1 amide bonds. The molecular weight excluding hydrogens is 473 g/mol. The van der Waals surface area contributed by atoms with Crippen molar-refractivity contribution < 1.29 is 18.7 Å². The molecule has 3 heterocycles. The maximum absolute atomic E-state index is 15.5. The second kappa shape index (κ2) is 9.99. The Morgan fingerprint density at radius 3 is 2.60 bits per heavy atom. The van der Waals surface area contributed by atoms with Crippen LogP contribution in [0.3, 0.4) is 0 Å². The van der Waals surface area contributed by atoms with E-state index in [0.29, 0.717) is 54.3 Å². The van der Waals surface area contributed by atoms with Crippen LogP contribution in [0.15, 0.2) is 18.5 Å². The largest absolute Gasteiger partial charge is 0.490 e. The van der Waals surface area contributed by atoms with E-state index in [-0.39, 0.29) is 28.5 Å². The number of aryl methyl sites for hydroxylation is 1. The van der Waals surface area contributed by atoms with E-state index < -0.39 is 17.6 Å². The minimum atomic E-state index is -0.783. The van der Waals surface area contributed by atoms with Crippen molar-refractivity contribution in [3.63, 3.8) is 0 Å². The summed E-state index contributed by atoms with van der Waals surface area (Å²) in [5, 5.41) is -0.142. The second-order valence-electron chi connectivity index (χ2n) is 9.17. The number of nitrogens with two attached hydrogens (primary N) is 1. The molecule has 0 radical (unpaired) electrons. The number of ether oxygens (including phenoxy) is 2. The fraction of sp³-hybridized carbons (Fsp3) is 0.480. The van der Waals surface area contributed by atoms with E-state index in [1.165, 1.54) is 6.07 Å². The number of fused-ring (bicyclic) bond motifs is 1. The number of piperidine rings is 1. The van der Waals surface area contributed by atoms with Gasteiger partial charge in [-0.25, -0.2) is 14.4 Å². The summed E-state index contributed by atoms with van der Waals surface area (Å²) in [5.74, 6) is -0.416. The van der Waals surface area contributed by atoms with Gasteiger partial charge >= 0.3 is 0 Å². The lowest BCUT2D eigenvalue weighted by Crippen LogP contribution is -2.41. The standard InChI is InChI=1S/C25H31ClFN5O3/c1-13(2)35-22-17(14(3)24-30-15(4)21-23(28)29-8-11-32(21)24)12-18(26)20(27)19(22)25(33)31-9-6-16(34-5)7-10-31/h8,11-14,16H,6-7,9-10H2,1-5H3,(H2,28,29)/t14-/m0/s1. The molecule has 1 atom stereocenters. The number of nitrogens with zero attached hydrogens (tertiary/aromatic N) is 4. The van der Waals surface area contributed by atoms with E-state index in [9.17, 15) is 4.79 Å². The van der Waals surface area contributed by atoms with Crippen LogP contribution in [-0.4, -0.2) is 57.6 Å². The molecule has 0 saturated carbocycles. The Labute approximate surface area is 209 Å². The molecule has 188 valence electrons. The molecule has 0 aliphatic carbocycles. The molecule has 3 aromatic rings. The molecule has 1 aliphatic rings. The SMILES string of the molecule is COC1CCN(C(=O)c2c(F)c(Cl)cc([C@H](C)c3nc(C)c4c(N)nccn34)c2OC(C)C)CC1. The first-order chi connectivity index (χ1) is 16.6. The highest BCUT2D eigenvalue weighted by Crippen LogP contribution is 2.40. The maximum Gasteiger partial charge on any atom is 0.260 e. The summed E-state index contributed by atoms with van der Waals surface area (Å²) in [6.07, 6.45) is 4.53. The zero-order chi connectivity index (χ0) is 25.4. The Kier molecular flexibility index (Phi) is 7.19. The van der Waals surface area contributed by atoms with Gasteiger partial charge in [-0.15, -0.1) is 0 Å². The number of carbonyl (C=O) groups is 1. The Bertz CT molecular complexity index is 1250. The van der Waals surface area contributed by atoms with Gasteiger partial charge in [0, 0.05) is 44.1 Å². The molecule has 1 aromatic carbocycles. The number of carbonyl (C=O) groups excluding carboxylic acids is 1. The van der Waals surface area contributed by atoms with Gasteiger partial charge in [-0.2, -0.15) is 0 Å². The van der Waals surface area contributed by atoms with Gasteiger partial charge in [0.15, 0.2) is 5.82 Å². The van der Waals surface area contributed by atoms with Gasteiger partial charge in [-0.1, -0.05) is 18.5 Å². The van der Waals surface area contributed by atoms with Crippen LogP contribution in [0.4, 0.5) is 10.2 Å². The van der Waals surface area contributed by atoms with Crippen molar-refractivity contribution >= 4 is 28.8 Å². The first-order valence-corrected chi connectivity index (χ1v) is 12.1. The first-order valence-electron chi connectivity index (χ1n) is 11.7. The second-order valence-corrected chi connectivity index (χ2v) is 9.57. The summed E-state index contributed by atoms with van der Waals surface area (Å²) in [6.45, 7) is 8.37. The van der Waals surface area contributed by atoms with Gasteiger partial charge in [0.05, 0.1) is 22.9 Å². The molecule has 1 fully saturated rings. The van der Waals surface area contributed by atoms with Crippen molar-refractivity contribution in [3.8, 4) is 5.75 Å². The summed E-state index contributed by atoms with van der Waals surface area (Å²) < 4.78 is 28.9. The average Bonchev–Trinajstić information content (AvgIpc) is 3.18. The smallest absolute Gasteiger partial charge is 0.260 e. The maximum atomic E-state index is 15.5. The van der Waals surface area contributed by atoms with Crippen LogP contribution in [0.25, 0.3) is 5.52 Å². The van der Waals surface area contributed by atoms with Crippen LogP contribution >= 0.6 is 11.6 Å². The van der Waals surface area contributed by atoms with E-state index in [1.54, 1.807) is 24.4 Å². The van der Waals surface area contributed by atoms with Crippen LogP contribution in [0, 0.1) is 12.7 Å². The summed E-state index contributed by atoms with van der Waals surface area (Å²) in [6, 6.07) is 1.52. The molecule has 0 unspecified atom stereocenters. The third-order valence-electron chi connectivity index (χ3n) is 6.47. The number of anilines is 1. The summed E-state index contributed by atoms with van der Waals surface area (Å²) >= 11 is 6.36. The van der Waals surface area contributed by atoms with Crippen molar-refractivity contribution in [2.75, 3.05) is 25.9 Å². The predicted molar refractivity (Wildman–Crippen MR) is 133 cm³/mol. The van der Waals surface area contributed by atoms with Gasteiger partial charge in [0.25, 0.3) is 5.91 Å². The molecule has 1 aliphatic heterocycles. The normalized spacial score (nSPS) is 15.7. The highest BCUT2D eigenvalue weighted by molar-refractivity contribution is 6.31. The topological polar surface area (TPSA) is 95.0 Å². The van der Waals surface area contributed by atoms with E-state index in [1.807, 2.05) is 32.1 Å². The number of imidazole rings is 1. The number of hydrogen-bond acceptors (Lipinski definition) is 6. The molecule has 8 nitrogen and oxygen atoms in total. The molecule has 4 rings (SSSR count). The van der Waals surface area contributed by atoms with E-state index >= 15 is 4.39 Å². The van der Waals surface area contributed by atoms with E-state index in [2.05, 4.69) is 4.98 Å². The third-order valence-corrected chi connectivity index (χ3v) is 6.74. The van der Waals surface area contributed by atoms with Crippen molar-refractivity contribution in [3.05, 3.63) is 51.9 Å². The minimum absolute atomic E-state index is 0.0871. The van der Waals surface area contributed by atoms with Gasteiger partial charge in [-0.3, -0.25) is 9.20 Å². The highest BCUT2D eigenvalue weighted by atomic mass is 35.5. The molecule has 1 saturated heterocycles. The van der Waals surface area contributed by atoms with Crippen LogP contribution in [0.2, 0.25) is 5.02 Å². The molecule has 10 heteroatoms. The zero-order valence-corrected chi connectivity index (χ0v) is 21.4. The lowest BCUT2D eigenvalue weighted by Gasteiger charge is -2.32. The summed E-state index contributed by atoms with van der Waals surface area (Å²) in [5.41, 5.74) is 7.93. The minimum Gasteiger partial charge on any atom is -0.490 e. The average molecular weight is 504 g/mol. The first kappa shape index (κ1) is 25.2. The van der Waals surface area contributed by atoms with E-state index in [0.717, 1.165) is 0 Å². The monoisotopic (exact) mass is 503 g/mol. The molecular formula is C25H31ClFN5O3. The number of hydrogen-bond donors (Lipinski definition) is 1. The van der Waals surface area contributed by atoms with Crippen molar-refractivity contribution in [2.24, 2.45) is 0 Å². The number of benzene rings is 1. The lowest BCUT2D eigenvalue weighted by atomic mass is 9.95. The van der Waals surface area contributed by atoms with Crippen LogP contribution in [0.1, 0.15) is 67.0 Å². The molecule has 35 heavy (non-hydrogen) atoms. The van der Waals surface area contributed by atoms with Gasteiger partial charge in [-0.05, 0) is 39.7 Å². The summed E-state index contributed by atoms with van der Waals surface area (Å²) in [4.78, 5) is 24.1. The van der Waals surface area contributed by atoms with Crippen LogP contribution in [-0.2, 0) is 4.74 Å². The van der Waals surface area contributed by atoms with E-state index in [4.69, 9.17) is 31.8 Å². The zero-order valence-electron chi connectivity index (χ0n) is 20.6. The Hall–Kier alpha value is -2.91. The third kappa shape index (κ3) is 4.67. The van der Waals surface area contributed by atoms with Gasteiger partial charge in [0.1, 0.15) is 28.5 Å². The molecule has 2 N–H and O–H groups in total. The fourth-order valence-corrected chi connectivity index (χ4v) is 4.88. The number of methoxy groups -OCH3 is 1. The Morgan fingerprint density at radius 1 is 1.29 bits per heavy atom. The number of amides is 1. The number of halogens is 2. The fourth-order valence-electron chi connectivity index (χ4n) is 4.67. The number of likely N-dealkylation sites (tertiary alicyclic amines) is 1. The number of rotatable bonds is 6. The predicted octanol–water partition coefficient (Wildman–Crippen LogP) is 4.60. The Balaban J connectivity index is 1.85. The summed E-state index contributed by atoms with van der Waals surface area (Å²) in [7, 11) is 1.66. The van der Waals surface area contributed by atoms with Gasteiger partial charge in [0.2, 0.25) is 0 Å². The molecule has 0 bridgehead atoms. The quantitative estimate of drug-likeness (QED) is 0.528. The van der Waals surface area contributed by atoms with Crippen molar-refractivity contribution in [1.29, 1.82) is 0 Å². The van der Waals surface area contributed by atoms with Crippen LogP contribution < -0.4 is 10.5 Å². The van der Waals surface area contributed by atoms with Crippen LogP contribution in [0.5, 0.6) is 5.75 Å². The van der Waals surface area contributed by atoms with Crippen molar-refractivity contribution in [1.82, 2.24) is 19.3 Å². The lowest BCUT2D eigenvalue weighted by molar-refractivity contribution is 0.0345. The van der Waals surface area contributed by atoms with Crippen molar-refractivity contribution in [2.45, 2.75) is 58.7 Å². The number of aromatic nitrogens is 3. The molecule has 0 spiro atoms. The highest BCUT2D eigenvalue weighted by Gasteiger charge is 2.33. The Morgan fingerprint density at radius 2 is 1.97 bits per heavy atom. The number of nitrogen functional groups attached to an aromatic ring is 1. The molecule has 2 aromatic heterocycles. The van der Waals surface area contributed by atoms with Gasteiger partial charge < -0.3 is 20.1 Å².